The van der Waals surface area contributed by atoms with Crippen molar-refractivity contribution in [3.63, 3.8) is 0 Å². The molecule has 0 spiro atoms. The second-order valence-electron chi connectivity index (χ2n) is 11.1. The molecular weight excluding hydrogens is 605 g/mol. The van der Waals surface area contributed by atoms with Crippen LogP contribution in [-0.4, -0.2) is 43.8 Å². The second kappa shape index (κ2) is 14.6. The maximum Gasteiger partial charge on any atom is 0.264 e. The Balaban J connectivity index is 1.72. The van der Waals surface area contributed by atoms with Crippen LogP contribution >= 0.6 is 23.2 Å². The first-order chi connectivity index (χ1) is 20.5. The van der Waals surface area contributed by atoms with Gasteiger partial charge in [-0.2, -0.15) is 0 Å². The molecule has 1 aliphatic rings. The van der Waals surface area contributed by atoms with Crippen LogP contribution in [0.3, 0.4) is 0 Å². The van der Waals surface area contributed by atoms with Gasteiger partial charge in [0.2, 0.25) is 11.8 Å². The van der Waals surface area contributed by atoms with E-state index in [0.717, 1.165) is 47.5 Å². The fourth-order valence-electron chi connectivity index (χ4n) is 5.39. The Hall–Kier alpha value is -3.07. The summed E-state index contributed by atoms with van der Waals surface area (Å²) in [6.07, 6.45) is 5.59. The Morgan fingerprint density at radius 1 is 0.953 bits per heavy atom. The van der Waals surface area contributed by atoms with E-state index >= 15 is 0 Å². The van der Waals surface area contributed by atoms with Gasteiger partial charge in [0.1, 0.15) is 12.6 Å². The topological polar surface area (TPSA) is 86.8 Å². The van der Waals surface area contributed by atoms with Crippen molar-refractivity contribution in [2.24, 2.45) is 0 Å². The van der Waals surface area contributed by atoms with E-state index in [-0.39, 0.29) is 23.4 Å². The molecule has 4 rings (SSSR count). The van der Waals surface area contributed by atoms with Gasteiger partial charge in [-0.3, -0.25) is 13.9 Å². The van der Waals surface area contributed by atoms with Crippen molar-refractivity contribution in [1.29, 1.82) is 0 Å². The minimum absolute atomic E-state index is 0.00192. The molecule has 0 radical (unpaired) electrons. The molecule has 1 atom stereocenters. The lowest BCUT2D eigenvalue weighted by atomic mass is 9.95. The number of carbonyl (C=O) groups excluding carboxylic acids is 2. The number of hydrogen-bond donors (Lipinski definition) is 1. The van der Waals surface area contributed by atoms with Gasteiger partial charge in [-0.05, 0) is 74.6 Å². The average Bonchev–Trinajstić information content (AvgIpc) is 2.99. The van der Waals surface area contributed by atoms with E-state index in [1.807, 2.05) is 26.0 Å². The average molecular weight is 645 g/mol. The van der Waals surface area contributed by atoms with E-state index in [0.29, 0.717) is 27.7 Å². The number of benzene rings is 3. The molecule has 1 N–H and O–H groups in total. The molecule has 0 aliphatic heterocycles. The molecule has 0 aromatic heterocycles. The molecule has 0 saturated heterocycles. The fraction of sp³-hybridized carbons (Fsp3) is 0.394. The molecule has 3 aromatic carbocycles. The van der Waals surface area contributed by atoms with Gasteiger partial charge in [-0.1, -0.05) is 91.3 Å². The van der Waals surface area contributed by atoms with Crippen molar-refractivity contribution in [1.82, 2.24) is 10.2 Å². The van der Waals surface area contributed by atoms with E-state index < -0.39 is 28.5 Å². The summed E-state index contributed by atoms with van der Waals surface area (Å²) in [7, 11) is -4.15. The van der Waals surface area contributed by atoms with Gasteiger partial charge >= 0.3 is 0 Å². The van der Waals surface area contributed by atoms with Crippen LogP contribution in [0, 0.1) is 6.92 Å². The molecule has 1 fully saturated rings. The van der Waals surface area contributed by atoms with Gasteiger partial charge in [-0.25, -0.2) is 8.42 Å². The largest absolute Gasteiger partial charge is 0.352 e. The van der Waals surface area contributed by atoms with Crippen molar-refractivity contribution in [2.75, 3.05) is 10.8 Å². The Kier molecular flexibility index (Phi) is 11.2. The number of sulfonamides is 1. The smallest absolute Gasteiger partial charge is 0.264 e. The Labute approximate surface area is 265 Å². The zero-order valence-electron chi connectivity index (χ0n) is 24.9. The molecule has 2 amide bonds. The third-order valence-corrected chi connectivity index (χ3v) is 10.4. The van der Waals surface area contributed by atoms with Gasteiger partial charge in [0.15, 0.2) is 0 Å². The summed E-state index contributed by atoms with van der Waals surface area (Å²) in [5.41, 5.74) is 2.71. The maximum absolute atomic E-state index is 14.3. The van der Waals surface area contributed by atoms with Crippen LogP contribution in [0.5, 0.6) is 0 Å². The number of carbonyl (C=O) groups is 2. The first-order valence-corrected chi connectivity index (χ1v) is 16.9. The Morgan fingerprint density at radius 3 is 2.28 bits per heavy atom. The summed E-state index contributed by atoms with van der Waals surface area (Å²) in [6, 6.07) is 17.8. The molecular formula is C33H39Cl2N3O4S. The number of halogens is 2. The highest BCUT2D eigenvalue weighted by Gasteiger charge is 2.34. The lowest BCUT2D eigenvalue weighted by Gasteiger charge is -2.34. The van der Waals surface area contributed by atoms with Crippen LogP contribution in [0.1, 0.15) is 62.6 Å². The molecule has 10 heteroatoms. The predicted molar refractivity (Wildman–Crippen MR) is 173 cm³/mol. The molecule has 0 heterocycles. The molecule has 7 nitrogen and oxygen atoms in total. The minimum Gasteiger partial charge on any atom is -0.352 e. The number of nitrogens with one attached hydrogen (secondary N) is 1. The molecule has 3 aromatic rings. The highest BCUT2D eigenvalue weighted by molar-refractivity contribution is 7.92. The summed E-state index contributed by atoms with van der Waals surface area (Å²) < 4.78 is 29.4. The maximum atomic E-state index is 14.3. The van der Waals surface area contributed by atoms with Gasteiger partial charge in [-0.15, -0.1) is 0 Å². The van der Waals surface area contributed by atoms with E-state index in [2.05, 4.69) is 5.32 Å². The summed E-state index contributed by atoms with van der Waals surface area (Å²) in [5.74, 6) is -0.814. The predicted octanol–water partition coefficient (Wildman–Crippen LogP) is 6.93. The quantitative estimate of drug-likeness (QED) is 0.246. The number of hydrogen-bond acceptors (Lipinski definition) is 4. The number of amides is 2. The third-order valence-electron chi connectivity index (χ3n) is 8.00. The molecule has 1 saturated carbocycles. The molecule has 43 heavy (non-hydrogen) atoms. The highest BCUT2D eigenvalue weighted by Crippen LogP contribution is 2.29. The van der Waals surface area contributed by atoms with Crippen molar-refractivity contribution >= 4 is 50.7 Å². The van der Waals surface area contributed by atoms with Gasteiger partial charge in [0.25, 0.3) is 10.0 Å². The van der Waals surface area contributed by atoms with Crippen molar-refractivity contribution in [3.05, 3.63) is 93.5 Å². The van der Waals surface area contributed by atoms with Crippen molar-refractivity contribution in [2.45, 2.75) is 82.8 Å². The minimum atomic E-state index is -4.15. The summed E-state index contributed by atoms with van der Waals surface area (Å²) in [6.45, 7) is 4.98. The zero-order valence-corrected chi connectivity index (χ0v) is 27.2. The number of rotatable bonds is 11. The second-order valence-corrected chi connectivity index (χ2v) is 13.8. The highest BCUT2D eigenvalue weighted by atomic mass is 35.5. The number of anilines is 1. The van der Waals surface area contributed by atoms with Crippen LogP contribution in [0.2, 0.25) is 10.0 Å². The summed E-state index contributed by atoms with van der Waals surface area (Å²) in [5, 5.41) is 3.91. The van der Waals surface area contributed by atoms with E-state index in [9.17, 15) is 18.0 Å². The van der Waals surface area contributed by atoms with E-state index in [1.165, 1.54) is 4.90 Å². The van der Waals surface area contributed by atoms with Crippen LogP contribution in [0.15, 0.2) is 71.6 Å². The Bertz CT molecular complexity index is 1540. The molecule has 0 unspecified atom stereocenters. The zero-order chi connectivity index (χ0) is 31.1. The lowest BCUT2D eigenvalue weighted by Crippen LogP contribution is -2.53. The van der Waals surface area contributed by atoms with Crippen LogP contribution in [0.25, 0.3) is 0 Å². The fourth-order valence-corrected chi connectivity index (χ4v) is 7.31. The lowest BCUT2D eigenvalue weighted by molar-refractivity contribution is -0.139. The van der Waals surface area contributed by atoms with Crippen LogP contribution < -0.4 is 9.62 Å². The van der Waals surface area contributed by atoms with Crippen molar-refractivity contribution < 1.29 is 18.0 Å². The van der Waals surface area contributed by atoms with Gasteiger partial charge < -0.3 is 10.2 Å². The van der Waals surface area contributed by atoms with E-state index in [1.54, 1.807) is 61.5 Å². The van der Waals surface area contributed by atoms with Crippen LogP contribution in [-0.2, 0) is 32.6 Å². The summed E-state index contributed by atoms with van der Waals surface area (Å²) in [4.78, 5) is 29.2. The monoisotopic (exact) mass is 643 g/mol. The molecule has 230 valence electrons. The Morgan fingerprint density at radius 2 is 1.63 bits per heavy atom. The third kappa shape index (κ3) is 8.11. The number of nitrogens with zero attached hydrogens (tertiary/aromatic N) is 2. The SMILES string of the molecule is CCc1ccccc1N(CC(=O)N(Cc1ccc(Cl)cc1Cl)[C@@H](C)C(=O)NC1CCCCC1)S(=O)(=O)c1ccc(C)cc1. The first kappa shape index (κ1) is 32.8. The molecule has 1 aliphatic carbocycles. The standard InChI is InChI=1S/C33H39Cl2N3O4S/c1-4-25-10-8-9-13-31(25)38(43(41,42)29-18-14-23(2)15-19-29)22-32(39)37(21-26-16-17-27(34)20-30(26)35)24(3)33(40)36-28-11-6-5-7-12-28/h8-10,13-20,24,28H,4-7,11-12,21-22H2,1-3H3,(H,36,40)/t24-/m0/s1. The van der Waals surface area contributed by atoms with Crippen LogP contribution in [0.4, 0.5) is 5.69 Å². The molecule has 0 bridgehead atoms. The van der Waals surface area contributed by atoms with Gasteiger partial charge in [0, 0.05) is 22.6 Å². The normalized spacial score (nSPS) is 14.6. The number of para-hydroxylation sites is 1. The van der Waals surface area contributed by atoms with Crippen molar-refractivity contribution in [3.8, 4) is 0 Å². The first-order valence-electron chi connectivity index (χ1n) is 14.7. The van der Waals surface area contributed by atoms with E-state index in [4.69, 9.17) is 23.2 Å². The summed E-state index contributed by atoms with van der Waals surface area (Å²) >= 11 is 12.6. The number of aryl methyl sites for hydroxylation is 2. The van der Waals surface area contributed by atoms with Gasteiger partial charge in [0.05, 0.1) is 10.6 Å².